The largest absolute Gasteiger partial charge is 0.317 e. The van der Waals surface area contributed by atoms with Gasteiger partial charge in [0.1, 0.15) is 0 Å². The number of nitrogens with one attached hydrogen (secondary N) is 1. The Bertz CT molecular complexity index is 524. The SMILES string of the molecule is Cc1ccccc1-n1ccc(C2CCNCC2)n1. The Morgan fingerprint density at radius 2 is 1.94 bits per heavy atom. The second-order valence-corrected chi connectivity index (χ2v) is 5.00. The van der Waals surface area contributed by atoms with E-state index in [0.29, 0.717) is 5.92 Å². The molecule has 1 aromatic carbocycles. The zero-order chi connectivity index (χ0) is 12.4. The van der Waals surface area contributed by atoms with E-state index in [4.69, 9.17) is 5.10 Å². The van der Waals surface area contributed by atoms with Crippen LogP contribution in [0.3, 0.4) is 0 Å². The quantitative estimate of drug-likeness (QED) is 0.876. The molecule has 3 rings (SSSR count). The third kappa shape index (κ3) is 2.18. The zero-order valence-electron chi connectivity index (χ0n) is 10.8. The average Bonchev–Trinajstić information content (AvgIpc) is 2.90. The van der Waals surface area contributed by atoms with Gasteiger partial charge < -0.3 is 5.32 Å². The van der Waals surface area contributed by atoms with Crippen LogP contribution in [0.5, 0.6) is 0 Å². The lowest BCUT2D eigenvalue weighted by Gasteiger charge is -2.20. The van der Waals surface area contributed by atoms with Crippen molar-refractivity contribution in [3.05, 3.63) is 47.8 Å². The van der Waals surface area contributed by atoms with Gasteiger partial charge in [-0.25, -0.2) is 4.68 Å². The predicted molar refractivity (Wildman–Crippen MR) is 73.1 cm³/mol. The van der Waals surface area contributed by atoms with E-state index in [-0.39, 0.29) is 0 Å². The molecule has 3 heteroatoms. The van der Waals surface area contributed by atoms with E-state index >= 15 is 0 Å². The van der Waals surface area contributed by atoms with Gasteiger partial charge in [-0.05, 0) is 50.6 Å². The van der Waals surface area contributed by atoms with Crippen LogP contribution in [-0.2, 0) is 0 Å². The summed E-state index contributed by atoms with van der Waals surface area (Å²) >= 11 is 0. The molecule has 0 unspecified atom stereocenters. The van der Waals surface area contributed by atoms with Gasteiger partial charge >= 0.3 is 0 Å². The molecule has 0 spiro atoms. The summed E-state index contributed by atoms with van der Waals surface area (Å²) in [6.07, 6.45) is 4.48. The minimum absolute atomic E-state index is 0.622. The van der Waals surface area contributed by atoms with Crippen molar-refractivity contribution in [2.24, 2.45) is 0 Å². The number of hydrogen-bond donors (Lipinski definition) is 1. The highest BCUT2D eigenvalue weighted by atomic mass is 15.3. The number of aromatic nitrogens is 2. The Balaban J connectivity index is 1.87. The van der Waals surface area contributed by atoms with Gasteiger partial charge in [0.15, 0.2) is 0 Å². The van der Waals surface area contributed by atoms with E-state index in [2.05, 4.69) is 48.8 Å². The standard InChI is InChI=1S/C15H19N3/c1-12-4-2-3-5-15(12)18-11-8-14(17-18)13-6-9-16-10-7-13/h2-5,8,11,13,16H,6-7,9-10H2,1H3. The molecule has 0 aliphatic carbocycles. The van der Waals surface area contributed by atoms with Crippen molar-refractivity contribution in [3.8, 4) is 5.69 Å². The topological polar surface area (TPSA) is 29.9 Å². The van der Waals surface area contributed by atoms with Crippen LogP contribution in [0.15, 0.2) is 36.5 Å². The summed E-state index contributed by atoms with van der Waals surface area (Å²) in [5, 5.41) is 8.15. The summed E-state index contributed by atoms with van der Waals surface area (Å²) < 4.78 is 2.01. The van der Waals surface area contributed by atoms with Crippen molar-refractivity contribution in [2.45, 2.75) is 25.7 Å². The Hall–Kier alpha value is -1.61. The Kier molecular flexibility index (Phi) is 3.15. The minimum Gasteiger partial charge on any atom is -0.317 e. The maximum Gasteiger partial charge on any atom is 0.0674 e. The van der Waals surface area contributed by atoms with E-state index in [9.17, 15) is 0 Å². The van der Waals surface area contributed by atoms with Gasteiger partial charge in [-0.2, -0.15) is 5.10 Å². The molecule has 0 saturated carbocycles. The van der Waals surface area contributed by atoms with Crippen LogP contribution in [-0.4, -0.2) is 22.9 Å². The number of rotatable bonds is 2. The first kappa shape index (κ1) is 11.5. The number of piperidine rings is 1. The molecule has 0 bridgehead atoms. The molecule has 0 amide bonds. The van der Waals surface area contributed by atoms with Crippen LogP contribution >= 0.6 is 0 Å². The maximum absolute atomic E-state index is 4.75. The molecule has 1 aromatic heterocycles. The smallest absolute Gasteiger partial charge is 0.0674 e. The van der Waals surface area contributed by atoms with Crippen LogP contribution in [0, 0.1) is 6.92 Å². The summed E-state index contributed by atoms with van der Waals surface area (Å²) in [4.78, 5) is 0. The third-order valence-electron chi connectivity index (χ3n) is 3.73. The van der Waals surface area contributed by atoms with Crippen LogP contribution in [0.2, 0.25) is 0 Å². The summed E-state index contributed by atoms with van der Waals surface area (Å²) in [5.74, 6) is 0.622. The molecule has 94 valence electrons. The maximum atomic E-state index is 4.75. The van der Waals surface area contributed by atoms with Gasteiger partial charge in [0.25, 0.3) is 0 Å². The fraction of sp³-hybridized carbons (Fsp3) is 0.400. The first-order chi connectivity index (χ1) is 8.84. The predicted octanol–water partition coefficient (Wildman–Crippen LogP) is 2.65. The van der Waals surface area contributed by atoms with Crippen LogP contribution < -0.4 is 5.32 Å². The normalized spacial score (nSPS) is 16.9. The highest BCUT2D eigenvalue weighted by molar-refractivity contribution is 5.39. The lowest BCUT2D eigenvalue weighted by atomic mass is 9.95. The van der Waals surface area contributed by atoms with Crippen molar-refractivity contribution in [1.29, 1.82) is 0 Å². The van der Waals surface area contributed by atoms with Crippen molar-refractivity contribution in [2.75, 3.05) is 13.1 Å². The van der Waals surface area contributed by atoms with Crippen molar-refractivity contribution in [3.63, 3.8) is 0 Å². The molecule has 1 aliphatic rings. The number of nitrogens with zero attached hydrogens (tertiary/aromatic N) is 2. The highest BCUT2D eigenvalue weighted by Crippen LogP contribution is 2.24. The Morgan fingerprint density at radius 1 is 1.17 bits per heavy atom. The van der Waals surface area contributed by atoms with E-state index in [0.717, 1.165) is 13.1 Å². The number of hydrogen-bond acceptors (Lipinski definition) is 2. The molecule has 0 atom stereocenters. The van der Waals surface area contributed by atoms with Gasteiger partial charge in [0.2, 0.25) is 0 Å². The van der Waals surface area contributed by atoms with E-state index in [1.807, 2.05) is 4.68 Å². The molecule has 1 N–H and O–H groups in total. The van der Waals surface area contributed by atoms with Gasteiger partial charge in [-0.3, -0.25) is 0 Å². The second-order valence-electron chi connectivity index (χ2n) is 5.00. The van der Waals surface area contributed by atoms with Gasteiger partial charge in [-0.15, -0.1) is 0 Å². The summed E-state index contributed by atoms with van der Waals surface area (Å²) in [7, 11) is 0. The van der Waals surface area contributed by atoms with E-state index in [1.54, 1.807) is 0 Å². The number of para-hydroxylation sites is 1. The molecule has 1 aliphatic heterocycles. The van der Waals surface area contributed by atoms with Crippen molar-refractivity contribution < 1.29 is 0 Å². The summed E-state index contributed by atoms with van der Waals surface area (Å²) in [6, 6.07) is 10.5. The molecule has 2 aromatic rings. The molecule has 0 radical (unpaired) electrons. The minimum atomic E-state index is 0.622. The van der Waals surface area contributed by atoms with Crippen LogP contribution in [0.4, 0.5) is 0 Å². The highest BCUT2D eigenvalue weighted by Gasteiger charge is 2.17. The fourth-order valence-electron chi connectivity index (χ4n) is 2.63. The fourth-order valence-corrected chi connectivity index (χ4v) is 2.63. The average molecular weight is 241 g/mol. The molecule has 1 fully saturated rings. The molecular weight excluding hydrogens is 222 g/mol. The van der Waals surface area contributed by atoms with E-state index < -0.39 is 0 Å². The molecule has 1 saturated heterocycles. The number of aryl methyl sites for hydroxylation is 1. The van der Waals surface area contributed by atoms with Gasteiger partial charge in [0, 0.05) is 12.1 Å². The van der Waals surface area contributed by atoms with E-state index in [1.165, 1.54) is 29.8 Å². The third-order valence-corrected chi connectivity index (χ3v) is 3.73. The van der Waals surface area contributed by atoms with Crippen molar-refractivity contribution >= 4 is 0 Å². The van der Waals surface area contributed by atoms with Crippen molar-refractivity contribution in [1.82, 2.24) is 15.1 Å². The number of benzene rings is 1. The lowest BCUT2D eigenvalue weighted by Crippen LogP contribution is -2.26. The van der Waals surface area contributed by atoms with Crippen LogP contribution in [0.25, 0.3) is 5.69 Å². The molecule has 3 nitrogen and oxygen atoms in total. The zero-order valence-corrected chi connectivity index (χ0v) is 10.8. The van der Waals surface area contributed by atoms with Gasteiger partial charge in [-0.1, -0.05) is 18.2 Å². The van der Waals surface area contributed by atoms with Gasteiger partial charge in [0.05, 0.1) is 11.4 Å². The second kappa shape index (κ2) is 4.94. The first-order valence-corrected chi connectivity index (χ1v) is 6.67. The molecular formula is C15H19N3. The Labute approximate surface area is 108 Å². The monoisotopic (exact) mass is 241 g/mol. The lowest BCUT2D eigenvalue weighted by molar-refractivity contribution is 0.451. The summed E-state index contributed by atoms with van der Waals surface area (Å²) in [5.41, 5.74) is 3.68. The summed E-state index contributed by atoms with van der Waals surface area (Å²) in [6.45, 7) is 4.35. The molecule has 18 heavy (non-hydrogen) atoms. The van der Waals surface area contributed by atoms with Crippen LogP contribution in [0.1, 0.15) is 30.0 Å². The first-order valence-electron chi connectivity index (χ1n) is 6.67. The Morgan fingerprint density at radius 3 is 2.72 bits per heavy atom. The molecule has 2 heterocycles.